The van der Waals surface area contributed by atoms with E-state index < -0.39 is 0 Å². The average molecular weight is 209 g/mol. The molecule has 1 N–H and O–H groups in total. The van der Waals surface area contributed by atoms with Gasteiger partial charge in [-0.25, -0.2) is 0 Å². The first-order chi connectivity index (χ1) is 7.40. The Labute approximate surface area is 88.9 Å². The van der Waals surface area contributed by atoms with E-state index in [4.69, 9.17) is 14.6 Å². The molecule has 4 nitrogen and oxygen atoms in total. The van der Waals surface area contributed by atoms with Crippen LogP contribution in [-0.2, 0) is 11.3 Å². The monoisotopic (exact) mass is 209 g/mol. The Balaban J connectivity index is 2.02. The molecule has 0 unspecified atom stereocenters. The van der Waals surface area contributed by atoms with E-state index in [9.17, 15) is 0 Å². The van der Waals surface area contributed by atoms with Gasteiger partial charge in [0.1, 0.15) is 11.9 Å². The van der Waals surface area contributed by atoms with Gasteiger partial charge in [-0.3, -0.25) is 4.98 Å². The third-order valence-electron chi connectivity index (χ3n) is 2.50. The molecule has 1 aliphatic rings. The number of aromatic nitrogens is 1. The zero-order valence-electron chi connectivity index (χ0n) is 8.56. The van der Waals surface area contributed by atoms with Crippen molar-refractivity contribution in [3.8, 4) is 5.75 Å². The van der Waals surface area contributed by atoms with Crippen LogP contribution in [0.3, 0.4) is 0 Å². The molecule has 1 fully saturated rings. The number of aliphatic hydroxyl groups is 1. The van der Waals surface area contributed by atoms with Gasteiger partial charge in [0, 0.05) is 24.6 Å². The maximum absolute atomic E-state index is 9.12. The summed E-state index contributed by atoms with van der Waals surface area (Å²) in [7, 11) is 0. The molecule has 1 saturated heterocycles. The molecule has 0 atom stereocenters. The van der Waals surface area contributed by atoms with Crippen LogP contribution in [-0.4, -0.2) is 29.4 Å². The number of ether oxygens (including phenoxy) is 2. The normalized spacial score (nSPS) is 17.7. The van der Waals surface area contributed by atoms with Crippen molar-refractivity contribution in [3.63, 3.8) is 0 Å². The first-order valence-corrected chi connectivity index (χ1v) is 5.18. The van der Waals surface area contributed by atoms with Crippen LogP contribution in [0.4, 0.5) is 0 Å². The number of hydrogen-bond acceptors (Lipinski definition) is 4. The summed E-state index contributed by atoms with van der Waals surface area (Å²) in [5.41, 5.74) is 0.788. The summed E-state index contributed by atoms with van der Waals surface area (Å²) in [5.74, 6) is 0.687. The second-order valence-electron chi connectivity index (χ2n) is 3.57. The topological polar surface area (TPSA) is 51.6 Å². The maximum Gasteiger partial charge on any atom is 0.143 e. The number of pyridine rings is 1. The van der Waals surface area contributed by atoms with E-state index in [-0.39, 0.29) is 12.7 Å². The molecule has 15 heavy (non-hydrogen) atoms. The van der Waals surface area contributed by atoms with Gasteiger partial charge in [0.15, 0.2) is 0 Å². The standard InChI is InChI=1S/C11H15NO3/c13-8-9-1-4-12-7-11(9)15-10-2-5-14-6-3-10/h1,4,7,10,13H,2-3,5-6,8H2. The van der Waals surface area contributed by atoms with E-state index in [0.717, 1.165) is 31.6 Å². The van der Waals surface area contributed by atoms with Crippen LogP contribution in [0.25, 0.3) is 0 Å². The molecule has 0 aliphatic carbocycles. The fourth-order valence-corrected chi connectivity index (χ4v) is 1.62. The Bertz CT molecular complexity index is 310. The van der Waals surface area contributed by atoms with Crippen LogP contribution in [0.1, 0.15) is 18.4 Å². The molecule has 1 aromatic rings. The minimum Gasteiger partial charge on any atom is -0.488 e. The predicted octanol–water partition coefficient (Wildman–Crippen LogP) is 1.13. The highest BCUT2D eigenvalue weighted by Gasteiger charge is 2.16. The van der Waals surface area contributed by atoms with Crippen LogP contribution < -0.4 is 4.74 Å². The van der Waals surface area contributed by atoms with Crippen molar-refractivity contribution in [3.05, 3.63) is 24.0 Å². The van der Waals surface area contributed by atoms with Gasteiger partial charge in [-0.2, -0.15) is 0 Å². The summed E-state index contributed by atoms with van der Waals surface area (Å²) in [5, 5.41) is 9.12. The lowest BCUT2D eigenvalue weighted by Crippen LogP contribution is -2.26. The molecular formula is C11H15NO3. The SMILES string of the molecule is OCc1ccncc1OC1CCOCC1. The van der Waals surface area contributed by atoms with Crippen molar-refractivity contribution in [2.45, 2.75) is 25.6 Å². The summed E-state index contributed by atoms with van der Waals surface area (Å²) >= 11 is 0. The molecule has 2 rings (SSSR count). The number of nitrogens with zero attached hydrogens (tertiary/aromatic N) is 1. The molecule has 4 heteroatoms. The Morgan fingerprint density at radius 2 is 2.27 bits per heavy atom. The summed E-state index contributed by atoms with van der Waals surface area (Å²) < 4.78 is 11.0. The maximum atomic E-state index is 9.12. The lowest BCUT2D eigenvalue weighted by molar-refractivity contribution is 0.0246. The Morgan fingerprint density at radius 3 is 3.00 bits per heavy atom. The number of rotatable bonds is 3. The summed E-state index contributed by atoms with van der Waals surface area (Å²) in [4.78, 5) is 3.99. The van der Waals surface area contributed by atoms with E-state index in [1.807, 2.05) is 0 Å². The van der Waals surface area contributed by atoms with E-state index in [0.29, 0.717) is 5.75 Å². The van der Waals surface area contributed by atoms with Crippen molar-refractivity contribution in [1.29, 1.82) is 0 Å². The predicted molar refractivity (Wildman–Crippen MR) is 54.6 cm³/mol. The highest BCUT2D eigenvalue weighted by molar-refractivity contribution is 5.29. The molecule has 0 radical (unpaired) electrons. The quantitative estimate of drug-likeness (QED) is 0.810. The average Bonchev–Trinajstić information content (AvgIpc) is 2.31. The lowest BCUT2D eigenvalue weighted by atomic mass is 10.1. The smallest absolute Gasteiger partial charge is 0.143 e. The Kier molecular flexibility index (Phi) is 3.53. The summed E-state index contributed by atoms with van der Waals surface area (Å²) in [6.07, 6.45) is 5.30. The molecule has 0 saturated carbocycles. The molecule has 0 bridgehead atoms. The van der Waals surface area contributed by atoms with Gasteiger partial charge in [0.2, 0.25) is 0 Å². The van der Waals surface area contributed by atoms with Crippen molar-refractivity contribution >= 4 is 0 Å². The first kappa shape index (κ1) is 10.4. The Morgan fingerprint density at radius 1 is 1.47 bits per heavy atom. The third kappa shape index (κ3) is 2.67. The number of hydrogen-bond donors (Lipinski definition) is 1. The van der Waals surface area contributed by atoms with E-state index in [1.54, 1.807) is 18.5 Å². The van der Waals surface area contributed by atoms with Gasteiger partial charge in [-0.1, -0.05) is 0 Å². The molecule has 0 spiro atoms. The zero-order chi connectivity index (χ0) is 10.5. The lowest BCUT2D eigenvalue weighted by Gasteiger charge is -2.23. The van der Waals surface area contributed by atoms with Crippen molar-refractivity contribution < 1.29 is 14.6 Å². The van der Waals surface area contributed by atoms with Crippen molar-refractivity contribution in [2.75, 3.05) is 13.2 Å². The van der Waals surface area contributed by atoms with E-state index in [2.05, 4.69) is 4.98 Å². The van der Waals surface area contributed by atoms with Crippen molar-refractivity contribution in [1.82, 2.24) is 4.98 Å². The molecule has 1 aromatic heterocycles. The van der Waals surface area contributed by atoms with E-state index >= 15 is 0 Å². The van der Waals surface area contributed by atoms with Gasteiger partial charge < -0.3 is 14.6 Å². The fraction of sp³-hybridized carbons (Fsp3) is 0.545. The van der Waals surface area contributed by atoms with Crippen LogP contribution >= 0.6 is 0 Å². The Hall–Kier alpha value is -1.13. The van der Waals surface area contributed by atoms with Crippen LogP contribution in [0.15, 0.2) is 18.5 Å². The molecule has 0 aromatic carbocycles. The van der Waals surface area contributed by atoms with E-state index in [1.165, 1.54) is 0 Å². The van der Waals surface area contributed by atoms with Gasteiger partial charge in [-0.05, 0) is 6.07 Å². The van der Waals surface area contributed by atoms with Gasteiger partial charge in [0.25, 0.3) is 0 Å². The van der Waals surface area contributed by atoms with Crippen LogP contribution in [0.5, 0.6) is 5.75 Å². The highest BCUT2D eigenvalue weighted by Crippen LogP contribution is 2.21. The second kappa shape index (κ2) is 5.09. The first-order valence-electron chi connectivity index (χ1n) is 5.18. The molecule has 0 amide bonds. The molecule has 82 valence electrons. The van der Waals surface area contributed by atoms with Crippen LogP contribution in [0, 0.1) is 0 Å². The summed E-state index contributed by atoms with van der Waals surface area (Å²) in [6.45, 7) is 1.49. The molecule has 1 aliphatic heterocycles. The van der Waals surface area contributed by atoms with Gasteiger partial charge >= 0.3 is 0 Å². The molecule has 2 heterocycles. The number of aliphatic hydroxyl groups excluding tert-OH is 1. The minimum absolute atomic E-state index is 0.0128. The highest BCUT2D eigenvalue weighted by atomic mass is 16.5. The second-order valence-corrected chi connectivity index (χ2v) is 3.57. The van der Waals surface area contributed by atoms with Crippen molar-refractivity contribution in [2.24, 2.45) is 0 Å². The zero-order valence-corrected chi connectivity index (χ0v) is 8.56. The largest absolute Gasteiger partial charge is 0.488 e. The van der Waals surface area contributed by atoms with Crippen LogP contribution in [0.2, 0.25) is 0 Å². The molecular weight excluding hydrogens is 194 g/mol. The summed E-state index contributed by atoms with van der Waals surface area (Å²) in [6, 6.07) is 1.77. The minimum atomic E-state index is -0.0128. The van der Waals surface area contributed by atoms with Gasteiger partial charge in [0.05, 0.1) is 26.0 Å². The van der Waals surface area contributed by atoms with Gasteiger partial charge in [-0.15, -0.1) is 0 Å². The third-order valence-corrected chi connectivity index (χ3v) is 2.50. The fourth-order valence-electron chi connectivity index (χ4n) is 1.62.